The molecule has 0 heterocycles. The minimum atomic E-state index is -4.07. The van der Waals surface area contributed by atoms with Crippen molar-refractivity contribution in [2.75, 3.05) is 13.1 Å². The molecule has 0 aromatic rings. The van der Waals surface area contributed by atoms with Crippen LogP contribution in [-0.2, 0) is 0 Å². The molecule has 0 amide bonds. The summed E-state index contributed by atoms with van der Waals surface area (Å²) in [5, 5.41) is 3.35. The van der Waals surface area contributed by atoms with Gasteiger partial charge in [0.1, 0.15) is 0 Å². The number of halogens is 3. The van der Waals surface area contributed by atoms with Crippen LogP contribution in [-0.4, -0.2) is 42.3 Å². The van der Waals surface area contributed by atoms with Crippen LogP contribution in [0, 0.1) is 0 Å². The van der Waals surface area contributed by atoms with Gasteiger partial charge in [-0.3, -0.25) is 4.90 Å². The van der Waals surface area contributed by atoms with Crippen molar-refractivity contribution in [3.05, 3.63) is 0 Å². The summed E-state index contributed by atoms with van der Waals surface area (Å²) in [6, 6.07) is 0.767. The fraction of sp³-hybridized carbons (Fsp3) is 1.00. The molecule has 2 nitrogen and oxygen atoms in total. The van der Waals surface area contributed by atoms with E-state index in [9.17, 15) is 13.2 Å². The van der Waals surface area contributed by atoms with Gasteiger partial charge >= 0.3 is 6.18 Å². The Hall–Kier alpha value is -0.290. The number of hydrogen-bond donors (Lipinski definition) is 1. The Morgan fingerprint density at radius 1 is 1.24 bits per heavy atom. The van der Waals surface area contributed by atoms with Gasteiger partial charge in [0.25, 0.3) is 0 Å². The Kier molecular flexibility index (Phi) is 3.98. The molecule has 2 fully saturated rings. The van der Waals surface area contributed by atoms with Crippen LogP contribution in [0.25, 0.3) is 0 Å². The zero-order valence-electron chi connectivity index (χ0n) is 10.3. The Morgan fingerprint density at radius 3 is 2.29 bits per heavy atom. The highest BCUT2D eigenvalue weighted by molar-refractivity contribution is 4.91. The summed E-state index contributed by atoms with van der Waals surface area (Å²) in [6.45, 7) is 1.93. The molecule has 0 bridgehead atoms. The van der Waals surface area contributed by atoms with Gasteiger partial charge in [0.2, 0.25) is 0 Å². The van der Waals surface area contributed by atoms with E-state index in [0.29, 0.717) is 12.6 Å². The summed E-state index contributed by atoms with van der Waals surface area (Å²) in [5.41, 5.74) is 0. The van der Waals surface area contributed by atoms with Crippen LogP contribution in [0.5, 0.6) is 0 Å². The van der Waals surface area contributed by atoms with E-state index < -0.39 is 12.7 Å². The topological polar surface area (TPSA) is 15.3 Å². The van der Waals surface area contributed by atoms with E-state index in [2.05, 4.69) is 5.32 Å². The highest BCUT2D eigenvalue weighted by atomic mass is 19.4. The zero-order valence-corrected chi connectivity index (χ0v) is 10.3. The minimum absolute atomic E-state index is 0.0322. The fourth-order valence-corrected chi connectivity index (χ4v) is 2.26. The molecule has 100 valence electrons. The molecule has 2 saturated carbocycles. The monoisotopic (exact) mass is 250 g/mol. The lowest BCUT2D eigenvalue weighted by atomic mass is 10.1. The number of alkyl halides is 3. The molecule has 0 radical (unpaired) electrons. The maximum absolute atomic E-state index is 12.5. The second-order valence-corrected chi connectivity index (χ2v) is 5.26. The number of nitrogens with one attached hydrogen (secondary N) is 1. The highest BCUT2D eigenvalue weighted by Gasteiger charge is 2.41. The summed E-state index contributed by atoms with van der Waals surface area (Å²) >= 11 is 0. The van der Waals surface area contributed by atoms with Crippen molar-refractivity contribution in [3.63, 3.8) is 0 Å². The first-order chi connectivity index (χ1) is 7.99. The molecule has 1 N–H and O–H groups in total. The van der Waals surface area contributed by atoms with Gasteiger partial charge in [-0.25, -0.2) is 0 Å². The summed E-state index contributed by atoms with van der Waals surface area (Å²) < 4.78 is 37.6. The van der Waals surface area contributed by atoms with Gasteiger partial charge in [0, 0.05) is 24.7 Å². The van der Waals surface area contributed by atoms with Gasteiger partial charge in [-0.15, -0.1) is 0 Å². The summed E-state index contributed by atoms with van der Waals surface area (Å²) in [5.74, 6) is 0. The second kappa shape index (κ2) is 5.14. The summed E-state index contributed by atoms with van der Waals surface area (Å²) in [7, 11) is 0. The van der Waals surface area contributed by atoms with Crippen molar-refractivity contribution in [2.24, 2.45) is 0 Å². The Morgan fingerprint density at radius 2 is 1.88 bits per heavy atom. The van der Waals surface area contributed by atoms with Crippen LogP contribution >= 0.6 is 0 Å². The SMILES string of the molecule is CCC(CNC1CC1)N(CC(F)(F)F)C1CC1. The summed E-state index contributed by atoms with van der Waals surface area (Å²) in [6.07, 6.45) is 0.923. The van der Waals surface area contributed by atoms with Crippen molar-refractivity contribution in [1.82, 2.24) is 10.2 Å². The van der Waals surface area contributed by atoms with E-state index in [1.807, 2.05) is 6.92 Å². The molecule has 0 spiro atoms. The lowest BCUT2D eigenvalue weighted by Gasteiger charge is -2.32. The zero-order chi connectivity index (χ0) is 12.5. The van der Waals surface area contributed by atoms with Crippen molar-refractivity contribution in [3.8, 4) is 0 Å². The molecular formula is C12H21F3N2. The summed E-state index contributed by atoms with van der Waals surface area (Å²) in [4.78, 5) is 1.66. The van der Waals surface area contributed by atoms with Crippen LogP contribution in [0.4, 0.5) is 13.2 Å². The molecule has 0 aliphatic heterocycles. The van der Waals surface area contributed by atoms with Crippen molar-refractivity contribution < 1.29 is 13.2 Å². The van der Waals surface area contributed by atoms with Gasteiger partial charge < -0.3 is 5.32 Å². The van der Waals surface area contributed by atoms with Gasteiger partial charge in [-0.1, -0.05) is 6.92 Å². The van der Waals surface area contributed by atoms with Crippen molar-refractivity contribution >= 4 is 0 Å². The van der Waals surface area contributed by atoms with Crippen molar-refractivity contribution in [2.45, 2.75) is 63.3 Å². The fourth-order valence-electron chi connectivity index (χ4n) is 2.26. The van der Waals surface area contributed by atoms with E-state index in [4.69, 9.17) is 0 Å². The third-order valence-electron chi connectivity index (χ3n) is 3.54. The average molecular weight is 250 g/mol. The smallest absolute Gasteiger partial charge is 0.312 e. The highest BCUT2D eigenvalue weighted by Crippen LogP contribution is 2.32. The second-order valence-electron chi connectivity index (χ2n) is 5.26. The standard InChI is InChI=1S/C12H21F3N2/c1-2-10(7-16-9-3-4-9)17(11-5-6-11)8-12(13,14)15/h9-11,16H,2-8H2,1H3. The van der Waals surface area contributed by atoms with Gasteiger partial charge in [-0.05, 0) is 32.1 Å². The molecule has 1 unspecified atom stereocenters. The van der Waals surface area contributed by atoms with Crippen LogP contribution < -0.4 is 5.32 Å². The maximum atomic E-state index is 12.5. The predicted molar refractivity (Wildman–Crippen MR) is 60.9 cm³/mol. The molecular weight excluding hydrogens is 229 g/mol. The maximum Gasteiger partial charge on any atom is 0.401 e. The van der Waals surface area contributed by atoms with Crippen LogP contribution in [0.3, 0.4) is 0 Å². The first-order valence-electron chi connectivity index (χ1n) is 6.55. The van der Waals surface area contributed by atoms with E-state index in [1.54, 1.807) is 4.90 Å². The largest absolute Gasteiger partial charge is 0.401 e. The molecule has 2 aliphatic rings. The molecule has 0 aromatic heterocycles. The number of rotatable bonds is 7. The molecule has 0 aromatic carbocycles. The molecule has 0 saturated heterocycles. The minimum Gasteiger partial charge on any atom is -0.312 e. The first-order valence-corrected chi connectivity index (χ1v) is 6.55. The van der Waals surface area contributed by atoms with E-state index in [1.165, 1.54) is 12.8 Å². The lowest BCUT2D eigenvalue weighted by Crippen LogP contribution is -2.47. The van der Waals surface area contributed by atoms with Crippen molar-refractivity contribution in [1.29, 1.82) is 0 Å². The van der Waals surface area contributed by atoms with E-state index in [-0.39, 0.29) is 12.1 Å². The molecule has 5 heteroatoms. The van der Waals surface area contributed by atoms with Gasteiger partial charge in [-0.2, -0.15) is 13.2 Å². The van der Waals surface area contributed by atoms with E-state index >= 15 is 0 Å². The molecule has 17 heavy (non-hydrogen) atoms. The third kappa shape index (κ3) is 4.47. The molecule has 2 aliphatic carbocycles. The van der Waals surface area contributed by atoms with Gasteiger partial charge in [0.05, 0.1) is 6.54 Å². The van der Waals surface area contributed by atoms with Crippen LogP contribution in [0.1, 0.15) is 39.0 Å². The Bertz CT molecular complexity index is 247. The average Bonchev–Trinajstić information content (AvgIpc) is 3.10. The quantitative estimate of drug-likeness (QED) is 0.747. The van der Waals surface area contributed by atoms with Crippen LogP contribution in [0.2, 0.25) is 0 Å². The Balaban J connectivity index is 1.86. The number of nitrogens with zero attached hydrogens (tertiary/aromatic N) is 1. The molecule has 1 atom stereocenters. The normalized spacial score (nSPS) is 23.1. The molecule has 2 rings (SSSR count). The van der Waals surface area contributed by atoms with Crippen LogP contribution in [0.15, 0.2) is 0 Å². The first kappa shape index (κ1) is 13.1. The lowest BCUT2D eigenvalue weighted by molar-refractivity contribution is -0.152. The Labute approximate surface area is 101 Å². The third-order valence-corrected chi connectivity index (χ3v) is 3.54. The van der Waals surface area contributed by atoms with E-state index in [0.717, 1.165) is 19.3 Å². The van der Waals surface area contributed by atoms with Gasteiger partial charge in [0.15, 0.2) is 0 Å². The predicted octanol–water partition coefficient (Wildman–Crippen LogP) is 2.54. The number of hydrogen-bond acceptors (Lipinski definition) is 2.